The standard InChI is InChI=1S/C20H22N4O3S/c1-3-12-23-16-9-5-6-10-17(16)24-19(23)21-22-20(24)28(25,26)14-13-27-18-11-7-4-8-15(18)2/h4-11H,3,12-14H2,1-2H3. The van der Waals surface area contributed by atoms with Gasteiger partial charge in [-0.05, 0) is 37.1 Å². The molecule has 0 radical (unpaired) electrons. The zero-order chi connectivity index (χ0) is 19.7. The van der Waals surface area contributed by atoms with Crippen molar-refractivity contribution in [2.24, 2.45) is 0 Å². The van der Waals surface area contributed by atoms with Crippen molar-refractivity contribution in [2.75, 3.05) is 12.4 Å². The number of aryl methyl sites for hydroxylation is 2. The number of nitrogens with zero attached hydrogens (tertiary/aromatic N) is 4. The molecule has 28 heavy (non-hydrogen) atoms. The molecule has 4 rings (SSSR count). The van der Waals surface area contributed by atoms with Crippen LogP contribution in [0.25, 0.3) is 16.8 Å². The van der Waals surface area contributed by atoms with Crippen LogP contribution >= 0.6 is 0 Å². The van der Waals surface area contributed by atoms with Crippen LogP contribution in [-0.4, -0.2) is 39.9 Å². The Morgan fingerprint density at radius 2 is 1.71 bits per heavy atom. The highest BCUT2D eigenvalue weighted by atomic mass is 32.2. The maximum absolute atomic E-state index is 13.0. The zero-order valence-electron chi connectivity index (χ0n) is 15.9. The molecule has 0 N–H and O–H groups in total. The van der Waals surface area contributed by atoms with Crippen LogP contribution < -0.4 is 4.74 Å². The number of aromatic nitrogens is 4. The summed E-state index contributed by atoms with van der Waals surface area (Å²) in [5.41, 5.74) is 2.70. The maximum Gasteiger partial charge on any atom is 0.256 e. The summed E-state index contributed by atoms with van der Waals surface area (Å²) in [5, 5.41) is 8.15. The lowest BCUT2D eigenvalue weighted by Crippen LogP contribution is -2.17. The molecule has 0 unspecified atom stereocenters. The van der Waals surface area contributed by atoms with Gasteiger partial charge in [-0.15, -0.1) is 10.2 Å². The summed E-state index contributed by atoms with van der Waals surface area (Å²) in [4.78, 5) is 0. The summed E-state index contributed by atoms with van der Waals surface area (Å²) < 4.78 is 35.3. The van der Waals surface area contributed by atoms with Gasteiger partial charge >= 0.3 is 0 Å². The quantitative estimate of drug-likeness (QED) is 0.477. The number of hydrogen-bond acceptors (Lipinski definition) is 5. The predicted octanol–water partition coefficient (Wildman–Crippen LogP) is 3.26. The Labute approximate surface area is 163 Å². The molecule has 4 aromatic rings. The molecule has 0 aliphatic heterocycles. The van der Waals surface area contributed by atoms with E-state index in [1.165, 1.54) is 0 Å². The molecule has 2 aromatic carbocycles. The van der Waals surface area contributed by atoms with Gasteiger partial charge in [0, 0.05) is 6.54 Å². The predicted molar refractivity (Wildman–Crippen MR) is 108 cm³/mol. The van der Waals surface area contributed by atoms with Crippen LogP contribution in [0.15, 0.2) is 53.7 Å². The third-order valence-corrected chi connectivity index (χ3v) is 6.22. The highest BCUT2D eigenvalue weighted by molar-refractivity contribution is 7.91. The van der Waals surface area contributed by atoms with E-state index >= 15 is 0 Å². The Morgan fingerprint density at radius 1 is 1.00 bits per heavy atom. The Morgan fingerprint density at radius 3 is 2.46 bits per heavy atom. The number of hydrogen-bond donors (Lipinski definition) is 0. The smallest absolute Gasteiger partial charge is 0.256 e. The van der Waals surface area contributed by atoms with E-state index in [1.807, 2.05) is 60.0 Å². The summed E-state index contributed by atoms with van der Waals surface area (Å²) in [6, 6.07) is 15.2. The van der Waals surface area contributed by atoms with Gasteiger partial charge in [0.15, 0.2) is 0 Å². The summed E-state index contributed by atoms with van der Waals surface area (Å²) >= 11 is 0. The monoisotopic (exact) mass is 398 g/mol. The SMILES string of the molecule is CCCn1c2ccccc2n2c(S(=O)(=O)CCOc3ccccc3C)nnc12. The van der Waals surface area contributed by atoms with E-state index in [-0.39, 0.29) is 17.5 Å². The molecule has 0 saturated heterocycles. The number of ether oxygens (including phenoxy) is 1. The number of fused-ring (bicyclic) bond motifs is 3. The molecule has 146 valence electrons. The second kappa shape index (κ2) is 7.27. The summed E-state index contributed by atoms with van der Waals surface area (Å²) in [7, 11) is -3.67. The van der Waals surface area contributed by atoms with E-state index in [2.05, 4.69) is 17.1 Å². The first-order chi connectivity index (χ1) is 13.5. The van der Waals surface area contributed by atoms with Gasteiger partial charge in [0.25, 0.3) is 5.16 Å². The van der Waals surface area contributed by atoms with E-state index in [0.717, 1.165) is 29.6 Å². The first kappa shape index (κ1) is 18.5. The van der Waals surface area contributed by atoms with Gasteiger partial charge in [-0.1, -0.05) is 37.3 Å². The highest BCUT2D eigenvalue weighted by Crippen LogP contribution is 2.24. The summed E-state index contributed by atoms with van der Waals surface area (Å²) in [6.07, 6.45) is 0.910. The summed E-state index contributed by atoms with van der Waals surface area (Å²) in [5.74, 6) is 1.06. The van der Waals surface area contributed by atoms with Gasteiger partial charge in [-0.3, -0.25) is 0 Å². The van der Waals surface area contributed by atoms with Crippen LogP contribution in [0.2, 0.25) is 0 Å². The lowest BCUT2D eigenvalue weighted by molar-refractivity contribution is 0.338. The van der Waals surface area contributed by atoms with Crippen LogP contribution in [0, 0.1) is 6.92 Å². The van der Waals surface area contributed by atoms with Crippen molar-refractivity contribution in [3.8, 4) is 5.75 Å². The molecule has 0 amide bonds. The molecule has 0 spiro atoms. The second-order valence-electron chi connectivity index (χ2n) is 6.69. The van der Waals surface area contributed by atoms with Crippen molar-refractivity contribution in [2.45, 2.75) is 32.0 Å². The fraction of sp³-hybridized carbons (Fsp3) is 0.300. The van der Waals surface area contributed by atoms with Crippen LogP contribution in [-0.2, 0) is 16.4 Å². The van der Waals surface area contributed by atoms with Gasteiger partial charge in [0.05, 0.1) is 16.8 Å². The average molecular weight is 398 g/mol. The van der Waals surface area contributed by atoms with E-state index in [1.54, 1.807) is 4.40 Å². The Hall–Kier alpha value is -2.87. The Bertz CT molecular complexity index is 1240. The number of benzene rings is 2. The molecule has 8 heteroatoms. The minimum Gasteiger partial charge on any atom is -0.492 e. The molecule has 7 nitrogen and oxygen atoms in total. The Kier molecular flexibility index (Phi) is 4.80. The first-order valence-corrected chi connectivity index (χ1v) is 10.9. The minimum atomic E-state index is -3.67. The van der Waals surface area contributed by atoms with Gasteiger partial charge in [-0.25, -0.2) is 12.8 Å². The molecule has 0 fully saturated rings. The molecule has 2 aromatic heterocycles. The molecule has 0 aliphatic carbocycles. The topological polar surface area (TPSA) is 78.5 Å². The van der Waals surface area contributed by atoms with Gasteiger partial charge in [0.2, 0.25) is 15.6 Å². The highest BCUT2D eigenvalue weighted by Gasteiger charge is 2.26. The molecular weight excluding hydrogens is 376 g/mol. The molecule has 0 aliphatic rings. The lowest BCUT2D eigenvalue weighted by Gasteiger charge is -2.08. The van der Waals surface area contributed by atoms with Crippen molar-refractivity contribution < 1.29 is 13.2 Å². The van der Waals surface area contributed by atoms with E-state index in [4.69, 9.17) is 4.74 Å². The number of imidazole rings is 1. The molecule has 0 saturated carbocycles. The minimum absolute atomic E-state index is 0.0399. The fourth-order valence-corrected chi connectivity index (χ4v) is 4.46. The van der Waals surface area contributed by atoms with Crippen molar-refractivity contribution in [1.29, 1.82) is 0 Å². The normalized spacial score (nSPS) is 12.1. The average Bonchev–Trinajstić information content (AvgIpc) is 3.24. The number of sulfone groups is 1. The van der Waals surface area contributed by atoms with Crippen molar-refractivity contribution in [3.63, 3.8) is 0 Å². The third-order valence-electron chi connectivity index (χ3n) is 4.70. The summed E-state index contributed by atoms with van der Waals surface area (Å²) in [6.45, 7) is 4.79. The van der Waals surface area contributed by atoms with E-state index in [9.17, 15) is 8.42 Å². The van der Waals surface area contributed by atoms with E-state index in [0.29, 0.717) is 11.5 Å². The van der Waals surface area contributed by atoms with Crippen LogP contribution in [0.4, 0.5) is 0 Å². The van der Waals surface area contributed by atoms with Gasteiger partial charge < -0.3 is 9.30 Å². The van der Waals surface area contributed by atoms with Crippen molar-refractivity contribution >= 4 is 26.6 Å². The van der Waals surface area contributed by atoms with Crippen LogP contribution in [0.3, 0.4) is 0 Å². The van der Waals surface area contributed by atoms with Crippen molar-refractivity contribution in [3.05, 3.63) is 54.1 Å². The number of para-hydroxylation sites is 3. The molecule has 2 heterocycles. The molecular formula is C20H22N4O3S. The Balaban J connectivity index is 1.68. The largest absolute Gasteiger partial charge is 0.492 e. The van der Waals surface area contributed by atoms with Gasteiger partial charge in [-0.2, -0.15) is 0 Å². The van der Waals surface area contributed by atoms with Crippen LogP contribution in [0.5, 0.6) is 5.75 Å². The third kappa shape index (κ3) is 3.13. The molecule has 0 atom stereocenters. The van der Waals surface area contributed by atoms with Crippen molar-refractivity contribution in [1.82, 2.24) is 19.2 Å². The zero-order valence-corrected chi connectivity index (χ0v) is 16.7. The molecule has 0 bridgehead atoms. The second-order valence-corrected chi connectivity index (χ2v) is 8.69. The van der Waals surface area contributed by atoms with Gasteiger partial charge in [0.1, 0.15) is 12.4 Å². The maximum atomic E-state index is 13.0. The first-order valence-electron chi connectivity index (χ1n) is 9.26. The van der Waals surface area contributed by atoms with Crippen LogP contribution in [0.1, 0.15) is 18.9 Å². The number of rotatable bonds is 7. The fourth-order valence-electron chi connectivity index (χ4n) is 3.35. The lowest BCUT2D eigenvalue weighted by atomic mass is 10.2. The van der Waals surface area contributed by atoms with E-state index < -0.39 is 9.84 Å².